The van der Waals surface area contributed by atoms with Crippen LogP contribution in [0.3, 0.4) is 0 Å². The molecular weight excluding hydrogens is 365 g/mol. The molecule has 0 aliphatic heterocycles. The van der Waals surface area contributed by atoms with E-state index in [4.69, 9.17) is 12.3 Å². The SMILES string of the molecule is C[Si](C)(C)O[Si](C)(C)O[Si](C)(C)S[Si](C)(C)O[Si](C)(C)C. The molecule has 0 bridgehead atoms. The fraction of sp³-hybridized carbons (Fsp3) is 1.00. The Kier molecular flexibility index (Phi) is 7.49. The lowest BCUT2D eigenvalue weighted by atomic mass is 11.8. The highest BCUT2D eigenvalue weighted by Gasteiger charge is 2.43. The minimum atomic E-state index is -2.05. The van der Waals surface area contributed by atoms with E-state index in [0.717, 1.165) is 0 Å². The van der Waals surface area contributed by atoms with Crippen molar-refractivity contribution < 1.29 is 12.3 Å². The maximum Gasteiger partial charge on any atom is 0.311 e. The molecule has 3 nitrogen and oxygen atoms in total. The summed E-state index contributed by atoms with van der Waals surface area (Å²) in [4.78, 5) is 0. The van der Waals surface area contributed by atoms with E-state index in [1.165, 1.54) is 0 Å². The van der Waals surface area contributed by atoms with Gasteiger partial charge < -0.3 is 12.3 Å². The first-order valence-corrected chi connectivity index (χ1v) is 25.3. The maximum atomic E-state index is 6.58. The van der Waals surface area contributed by atoms with Crippen LogP contribution >= 0.6 is 10.7 Å². The van der Waals surface area contributed by atoms with Gasteiger partial charge in [0.2, 0.25) is 14.9 Å². The monoisotopic (exact) mass is 400 g/mol. The molecule has 0 aromatic rings. The normalized spacial score (nSPS) is 15.4. The van der Waals surface area contributed by atoms with Gasteiger partial charge in [0, 0.05) is 0 Å². The van der Waals surface area contributed by atoms with Crippen molar-refractivity contribution in [2.24, 2.45) is 0 Å². The van der Waals surface area contributed by atoms with Gasteiger partial charge in [-0.25, -0.2) is 0 Å². The van der Waals surface area contributed by atoms with Crippen LogP contribution in [0.15, 0.2) is 0 Å². The highest BCUT2D eigenvalue weighted by molar-refractivity contribution is 8.49. The summed E-state index contributed by atoms with van der Waals surface area (Å²) in [5.74, 6) is 0. The zero-order chi connectivity index (χ0) is 17.3. The number of hydrogen-bond donors (Lipinski definition) is 0. The van der Waals surface area contributed by atoms with Gasteiger partial charge in [-0.05, 0) is 78.6 Å². The first kappa shape index (κ1) is 22.3. The lowest BCUT2D eigenvalue weighted by Gasteiger charge is -2.40. The Hall–Kier alpha value is 1.31. The molecule has 0 aliphatic rings. The van der Waals surface area contributed by atoms with Crippen LogP contribution in [-0.4, -0.2) is 40.1 Å². The van der Waals surface area contributed by atoms with Gasteiger partial charge in [-0.2, -0.15) is 10.7 Å². The van der Waals surface area contributed by atoms with Crippen LogP contribution in [0.25, 0.3) is 0 Å². The minimum absolute atomic E-state index is 1.49. The van der Waals surface area contributed by atoms with Crippen LogP contribution in [0.2, 0.25) is 78.6 Å². The topological polar surface area (TPSA) is 27.7 Å². The van der Waals surface area contributed by atoms with E-state index in [1.807, 2.05) is 10.7 Å². The van der Waals surface area contributed by atoms with E-state index in [-0.39, 0.29) is 0 Å². The van der Waals surface area contributed by atoms with Gasteiger partial charge >= 0.3 is 8.56 Å². The van der Waals surface area contributed by atoms with Gasteiger partial charge in [0.1, 0.15) is 0 Å². The van der Waals surface area contributed by atoms with Crippen LogP contribution in [0.1, 0.15) is 0 Å². The molecule has 0 atom stereocenters. The maximum absolute atomic E-state index is 6.58. The molecule has 0 saturated carbocycles. The van der Waals surface area contributed by atoms with Crippen LogP contribution in [-0.2, 0) is 12.3 Å². The molecule has 0 N–H and O–H groups in total. The van der Waals surface area contributed by atoms with Crippen LogP contribution < -0.4 is 0 Å². The molecule has 128 valence electrons. The molecule has 0 aromatic heterocycles. The van der Waals surface area contributed by atoms with Gasteiger partial charge in [0.05, 0.1) is 0 Å². The van der Waals surface area contributed by atoms with Crippen molar-refractivity contribution in [2.75, 3.05) is 0 Å². The van der Waals surface area contributed by atoms with Crippen LogP contribution in [0, 0.1) is 0 Å². The van der Waals surface area contributed by atoms with Gasteiger partial charge in [-0.15, -0.1) is 0 Å². The quantitative estimate of drug-likeness (QED) is 0.499. The van der Waals surface area contributed by atoms with Gasteiger partial charge in [-0.1, -0.05) is 0 Å². The molecule has 9 heteroatoms. The summed E-state index contributed by atoms with van der Waals surface area (Å²) >= 11 is 0. The lowest BCUT2D eigenvalue weighted by Crippen LogP contribution is -2.53. The van der Waals surface area contributed by atoms with E-state index < -0.39 is 40.1 Å². The molecule has 0 amide bonds. The first-order valence-electron chi connectivity index (χ1n) is 7.63. The Bertz CT molecular complexity index is 316. The summed E-state index contributed by atoms with van der Waals surface area (Å²) in [7, 11) is -6.66. The third kappa shape index (κ3) is 12.4. The smallest absolute Gasteiger partial charge is 0.311 e. The molecule has 0 aromatic carbocycles. The third-order valence-electron chi connectivity index (χ3n) is 2.09. The first-order chi connectivity index (χ1) is 8.83. The van der Waals surface area contributed by atoms with Gasteiger partial charge in [0.25, 0.3) is 0 Å². The van der Waals surface area contributed by atoms with Gasteiger partial charge in [-0.3, -0.25) is 0 Å². The Morgan fingerprint density at radius 1 is 0.476 bits per heavy atom. The second-order valence-electron chi connectivity index (χ2n) is 8.83. The summed E-state index contributed by atoms with van der Waals surface area (Å²) in [6.45, 7) is 27.1. The summed E-state index contributed by atoms with van der Waals surface area (Å²) < 4.78 is 19.4. The van der Waals surface area contributed by atoms with E-state index in [0.29, 0.717) is 0 Å². The lowest BCUT2D eigenvalue weighted by molar-refractivity contribution is 0.402. The predicted molar refractivity (Wildman–Crippen MR) is 110 cm³/mol. The second kappa shape index (κ2) is 7.05. The Balaban J connectivity index is 4.83. The van der Waals surface area contributed by atoms with E-state index in [1.54, 1.807) is 0 Å². The molecule has 0 saturated heterocycles. The molecule has 0 heterocycles. The molecule has 0 unspecified atom stereocenters. The van der Waals surface area contributed by atoms with Crippen molar-refractivity contribution in [3.8, 4) is 0 Å². The highest BCUT2D eigenvalue weighted by Crippen LogP contribution is 2.36. The standard InChI is InChI=1S/C12H36O3SSi5/c1-17(2,3)13-19(7,8)15-21(11,12)16-20(9,10)14-18(4,5)6/h1-12H3. The largest absolute Gasteiger partial charge is 0.449 e. The molecule has 0 rings (SSSR count). The number of rotatable bonds is 8. The van der Waals surface area contributed by atoms with Crippen molar-refractivity contribution in [1.29, 1.82) is 0 Å². The van der Waals surface area contributed by atoms with Gasteiger partial charge in [0.15, 0.2) is 16.6 Å². The second-order valence-corrected chi connectivity index (χ2v) is 36.7. The minimum Gasteiger partial charge on any atom is -0.449 e. The van der Waals surface area contributed by atoms with Crippen molar-refractivity contribution in [1.82, 2.24) is 0 Å². The summed E-state index contributed by atoms with van der Waals surface area (Å²) in [6.07, 6.45) is 0. The highest BCUT2D eigenvalue weighted by atomic mass is 32.5. The zero-order valence-corrected chi connectivity index (χ0v) is 21.9. The molecule has 0 spiro atoms. The molecule has 21 heavy (non-hydrogen) atoms. The molecule has 0 radical (unpaired) electrons. The Labute approximate surface area is 141 Å². The zero-order valence-electron chi connectivity index (χ0n) is 16.1. The fourth-order valence-corrected chi connectivity index (χ4v) is 42.6. The van der Waals surface area contributed by atoms with Crippen LogP contribution in [0.4, 0.5) is 0 Å². The van der Waals surface area contributed by atoms with E-state index in [2.05, 4.69) is 78.6 Å². The molecule has 0 fully saturated rings. The van der Waals surface area contributed by atoms with E-state index in [9.17, 15) is 0 Å². The summed E-state index contributed by atoms with van der Waals surface area (Å²) in [5, 5.41) is 0. The Morgan fingerprint density at radius 3 is 1.14 bits per heavy atom. The van der Waals surface area contributed by atoms with Crippen molar-refractivity contribution in [2.45, 2.75) is 78.6 Å². The van der Waals surface area contributed by atoms with Crippen molar-refractivity contribution in [3.63, 3.8) is 0 Å². The van der Waals surface area contributed by atoms with Crippen molar-refractivity contribution in [3.05, 3.63) is 0 Å². The fourth-order valence-electron chi connectivity index (χ4n) is 2.72. The van der Waals surface area contributed by atoms with Crippen LogP contribution in [0.5, 0.6) is 0 Å². The molecule has 0 aliphatic carbocycles. The average molecular weight is 401 g/mol. The van der Waals surface area contributed by atoms with Crippen molar-refractivity contribution >= 4 is 50.8 Å². The summed E-state index contributed by atoms with van der Waals surface area (Å²) in [6, 6.07) is 0. The predicted octanol–water partition coefficient (Wildman–Crippen LogP) is 5.54. The van der Waals surface area contributed by atoms with E-state index >= 15 is 0 Å². The summed E-state index contributed by atoms with van der Waals surface area (Å²) in [5.41, 5.74) is 0. The molecular formula is C12H36O3SSi5. The number of hydrogen-bond acceptors (Lipinski definition) is 4. The Morgan fingerprint density at radius 2 is 0.810 bits per heavy atom. The third-order valence-corrected chi connectivity index (χ3v) is 29.1. The average Bonchev–Trinajstić information content (AvgIpc) is 1.83.